The normalized spacial score (nSPS) is 17.0. The molecule has 2 N–H and O–H groups in total. The van der Waals surface area contributed by atoms with Crippen LogP contribution in [0.2, 0.25) is 0 Å². The molecule has 0 aromatic heterocycles. The second-order valence-corrected chi connectivity index (χ2v) is 6.59. The van der Waals surface area contributed by atoms with Crippen molar-refractivity contribution in [1.29, 1.82) is 0 Å². The molecule has 0 saturated carbocycles. The maximum absolute atomic E-state index is 11.9. The molecule has 0 atom stereocenters. The lowest BCUT2D eigenvalue weighted by molar-refractivity contribution is 0.0381. The molecule has 6 nitrogen and oxygen atoms in total. The lowest BCUT2D eigenvalue weighted by atomic mass is 10.3. The predicted molar refractivity (Wildman–Crippen MR) is 77.4 cm³/mol. The highest BCUT2D eigenvalue weighted by Crippen LogP contribution is 2.22. The molecule has 0 radical (unpaired) electrons. The molecule has 1 aromatic rings. The first-order chi connectivity index (χ1) is 9.57. The van der Waals surface area contributed by atoms with E-state index in [1.807, 2.05) is 0 Å². The summed E-state index contributed by atoms with van der Waals surface area (Å²) in [5.41, 5.74) is 0.221. The highest BCUT2D eigenvalue weighted by molar-refractivity contribution is 7.92. The first-order valence-corrected chi connectivity index (χ1v) is 8.31. The van der Waals surface area contributed by atoms with Crippen molar-refractivity contribution in [3.05, 3.63) is 24.3 Å². The lowest BCUT2D eigenvalue weighted by Gasteiger charge is -2.26. The Morgan fingerprint density at radius 1 is 1.25 bits per heavy atom. The van der Waals surface area contributed by atoms with Gasteiger partial charge in [-0.15, -0.1) is 0 Å². The summed E-state index contributed by atoms with van der Waals surface area (Å²) < 4.78 is 31.5. The number of hydrogen-bond acceptors (Lipinski definition) is 5. The molecule has 1 saturated heterocycles. The van der Waals surface area contributed by atoms with Crippen LogP contribution in [-0.2, 0) is 14.8 Å². The number of nitrogens with zero attached hydrogens (tertiary/aromatic N) is 1. The molecule has 1 aromatic carbocycles. The fourth-order valence-electron chi connectivity index (χ4n) is 2.08. The summed E-state index contributed by atoms with van der Waals surface area (Å²) in [5, 5.41) is 9.55. The molecule has 7 heteroatoms. The first-order valence-electron chi connectivity index (χ1n) is 6.65. The van der Waals surface area contributed by atoms with E-state index in [2.05, 4.69) is 9.62 Å². The average molecular weight is 300 g/mol. The van der Waals surface area contributed by atoms with Gasteiger partial charge in [-0.3, -0.25) is 9.62 Å². The number of ether oxygens (including phenoxy) is 1. The number of sulfonamides is 1. The van der Waals surface area contributed by atoms with Gasteiger partial charge in [0, 0.05) is 13.1 Å². The van der Waals surface area contributed by atoms with Crippen molar-refractivity contribution in [2.75, 3.05) is 43.3 Å². The minimum absolute atomic E-state index is 0.0404. The minimum Gasteiger partial charge on any atom is -0.506 e. The standard InChI is InChI=1S/C13H20N2O4S/c16-13-5-2-1-4-12(13)14-20(17,18)11-3-6-15-7-9-19-10-8-15/h1-2,4-5,14,16H,3,6-11H2. The van der Waals surface area contributed by atoms with Gasteiger partial charge in [-0.2, -0.15) is 0 Å². The molecule has 1 heterocycles. The van der Waals surface area contributed by atoms with Crippen LogP contribution in [0.15, 0.2) is 24.3 Å². The number of anilines is 1. The second kappa shape index (κ2) is 6.92. The molecule has 0 unspecified atom stereocenters. The number of rotatable bonds is 6. The van der Waals surface area contributed by atoms with E-state index < -0.39 is 10.0 Å². The maximum atomic E-state index is 11.9. The third-order valence-electron chi connectivity index (χ3n) is 3.16. The van der Waals surface area contributed by atoms with Gasteiger partial charge in [-0.05, 0) is 25.1 Å². The Kier molecular flexibility index (Phi) is 5.22. The topological polar surface area (TPSA) is 78.9 Å². The molecular weight excluding hydrogens is 280 g/mol. The van der Waals surface area contributed by atoms with E-state index in [-0.39, 0.29) is 17.2 Å². The Morgan fingerprint density at radius 3 is 2.65 bits per heavy atom. The number of phenolic OH excluding ortho intramolecular Hbond substituents is 1. The van der Waals surface area contributed by atoms with E-state index in [1.54, 1.807) is 12.1 Å². The van der Waals surface area contributed by atoms with Crippen molar-refractivity contribution in [3.63, 3.8) is 0 Å². The summed E-state index contributed by atoms with van der Waals surface area (Å²) in [6.45, 7) is 3.87. The lowest BCUT2D eigenvalue weighted by Crippen LogP contribution is -2.37. The van der Waals surface area contributed by atoms with Gasteiger partial charge in [-0.25, -0.2) is 8.42 Å². The fourth-order valence-corrected chi connectivity index (χ4v) is 3.20. The Balaban J connectivity index is 1.80. The summed E-state index contributed by atoms with van der Waals surface area (Å²) in [4.78, 5) is 2.19. The zero-order valence-corrected chi connectivity index (χ0v) is 12.1. The quantitative estimate of drug-likeness (QED) is 0.762. The number of benzene rings is 1. The Labute approximate surface area is 119 Å². The van der Waals surface area contributed by atoms with Gasteiger partial charge < -0.3 is 9.84 Å². The van der Waals surface area contributed by atoms with Crippen molar-refractivity contribution in [3.8, 4) is 5.75 Å². The third kappa shape index (κ3) is 4.66. The monoisotopic (exact) mass is 300 g/mol. The highest BCUT2D eigenvalue weighted by Gasteiger charge is 2.15. The van der Waals surface area contributed by atoms with Gasteiger partial charge >= 0.3 is 0 Å². The van der Waals surface area contributed by atoms with Crippen molar-refractivity contribution in [2.45, 2.75) is 6.42 Å². The van der Waals surface area contributed by atoms with Gasteiger partial charge in [0.05, 0.1) is 24.7 Å². The van der Waals surface area contributed by atoms with Gasteiger partial charge in [-0.1, -0.05) is 12.1 Å². The van der Waals surface area contributed by atoms with Crippen LogP contribution in [0.1, 0.15) is 6.42 Å². The fraction of sp³-hybridized carbons (Fsp3) is 0.538. The zero-order valence-electron chi connectivity index (χ0n) is 11.3. The van der Waals surface area contributed by atoms with Gasteiger partial charge in [0.15, 0.2) is 0 Å². The van der Waals surface area contributed by atoms with Crippen LogP contribution >= 0.6 is 0 Å². The van der Waals surface area contributed by atoms with Crippen LogP contribution in [0, 0.1) is 0 Å². The molecule has 1 aliphatic rings. The SMILES string of the molecule is O=S(=O)(CCCN1CCOCC1)Nc1ccccc1O. The predicted octanol–water partition coefficient (Wildman–Crippen LogP) is 0.856. The van der Waals surface area contributed by atoms with Gasteiger partial charge in [0.25, 0.3) is 0 Å². The Morgan fingerprint density at radius 2 is 1.95 bits per heavy atom. The summed E-state index contributed by atoms with van der Waals surface area (Å²) in [6, 6.07) is 6.30. The van der Waals surface area contributed by atoms with Crippen molar-refractivity contribution in [2.24, 2.45) is 0 Å². The second-order valence-electron chi connectivity index (χ2n) is 4.75. The summed E-state index contributed by atoms with van der Waals surface area (Å²) in [5.74, 6) is -0.0251. The molecule has 0 bridgehead atoms. The maximum Gasteiger partial charge on any atom is 0.232 e. The number of nitrogens with one attached hydrogen (secondary N) is 1. The van der Waals surface area contributed by atoms with Crippen LogP contribution in [0.25, 0.3) is 0 Å². The van der Waals surface area contributed by atoms with Crippen LogP contribution in [-0.4, -0.2) is 57.0 Å². The van der Waals surface area contributed by atoms with Crippen LogP contribution in [0.3, 0.4) is 0 Å². The summed E-state index contributed by atoms with van der Waals surface area (Å²) >= 11 is 0. The number of aromatic hydroxyl groups is 1. The van der Waals surface area contributed by atoms with E-state index in [4.69, 9.17) is 4.74 Å². The highest BCUT2D eigenvalue weighted by atomic mass is 32.2. The van der Waals surface area contributed by atoms with Crippen molar-refractivity contribution < 1.29 is 18.3 Å². The molecule has 1 aliphatic heterocycles. The average Bonchev–Trinajstić information content (AvgIpc) is 2.42. The Hall–Kier alpha value is -1.31. The van der Waals surface area contributed by atoms with E-state index in [1.165, 1.54) is 12.1 Å². The molecular formula is C13H20N2O4S. The van der Waals surface area contributed by atoms with E-state index in [0.29, 0.717) is 19.6 Å². The molecule has 2 rings (SSSR count). The van der Waals surface area contributed by atoms with Crippen molar-refractivity contribution >= 4 is 15.7 Å². The molecule has 0 aliphatic carbocycles. The van der Waals surface area contributed by atoms with E-state index in [9.17, 15) is 13.5 Å². The van der Waals surface area contributed by atoms with E-state index in [0.717, 1.165) is 19.6 Å². The summed E-state index contributed by atoms with van der Waals surface area (Å²) in [6.07, 6.45) is 0.558. The molecule has 0 spiro atoms. The molecule has 112 valence electrons. The Bertz CT molecular complexity index is 527. The zero-order chi connectivity index (χ0) is 14.4. The van der Waals surface area contributed by atoms with Crippen molar-refractivity contribution in [1.82, 2.24) is 4.90 Å². The minimum atomic E-state index is -3.43. The first kappa shape index (κ1) is 15.1. The van der Waals surface area contributed by atoms with E-state index >= 15 is 0 Å². The molecule has 20 heavy (non-hydrogen) atoms. The third-order valence-corrected chi connectivity index (χ3v) is 4.52. The number of phenols is 1. The smallest absolute Gasteiger partial charge is 0.232 e. The van der Waals surface area contributed by atoms with Crippen LogP contribution in [0.5, 0.6) is 5.75 Å². The van der Waals surface area contributed by atoms with Gasteiger partial charge in [0.1, 0.15) is 5.75 Å². The van der Waals surface area contributed by atoms with Crippen LogP contribution < -0.4 is 4.72 Å². The largest absolute Gasteiger partial charge is 0.506 e. The summed E-state index contributed by atoms with van der Waals surface area (Å²) in [7, 11) is -3.43. The molecule has 0 amide bonds. The van der Waals surface area contributed by atoms with Crippen LogP contribution in [0.4, 0.5) is 5.69 Å². The number of morpholine rings is 1. The number of hydrogen-bond donors (Lipinski definition) is 2. The van der Waals surface area contributed by atoms with Gasteiger partial charge in [0.2, 0.25) is 10.0 Å². The molecule has 1 fully saturated rings. The number of para-hydroxylation sites is 2.